The zero-order chi connectivity index (χ0) is 54.7. The number of carbonyl (C=O) groups excluding carboxylic acids is 2. The minimum atomic E-state index is -1.65. The van der Waals surface area contributed by atoms with Crippen LogP contribution in [0.2, 0.25) is 0 Å². The molecular formula is C64H103NO10. The first-order valence-electron chi connectivity index (χ1n) is 29.0. The van der Waals surface area contributed by atoms with Crippen LogP contribution < -0.4 is 5.32 Å². The molecule has 75 heavy (non-hydrogen) atoms. The quantitative estimate of drug-likeness (QED) is 0.0149. The van der Waals surface area contributed by atoms with Gasteiger partial charge >= 0.3 is 5.97 Å². The Morgan fingerprint density at radius 1 is 0.547 bits per heavy atom. The van der Waals surface area contributed by atoms with Crippen LogP contribution >= 0.6 is 0 Å². The maximum absolute atomic E-state index is 13.4. The number of ether oxygens (including phenoxy) is 3. The van der Waals surface area contributed by atoms with Gasteiger partial charge in [0.2, 0.25) is 5.91 Å². The van der Waals surface area contributed by atoms with Crippen LogP contribution in [0.1, 0.15) is 194 Å². The van der Waals surface area contributed by atoms with Gasteiger partial charge < -0.3 is 45.1 Å². The molecule has 0 aromatic rings. The van der Waals surface area contributed by atoms with Crippen LogP contribution in [0.25, 0.3) is 0 Å². The molecule has 1 amide bonds. The maximum atomic E-state index is 13.4. The van der Waals surface area contributed by atoms with Gasteiger partial charge in [0.1, 0.15) is 24.4 Å². The Hall–Kier alpha value is -4.20. The number of hydrogen-bond acceptors (Lipinski definition) is 10. The Kier molecular flexibility index (Phi) is 46.4. The summed E-state index contributed by atoms with van der Waals surface area (Å²) >= 11 is 0. The molecule has 1 fully saturated rings. The van der Waals surface area contributed by atoms with Gasteiger partial charge in [-0.2, -0.15) is 0 Å². The normalized spacial score (nSPS) is 20.2. The summed E-state index contributed by atoms with van der Waals surface area (Å²) in [4.78, 5) is 26.4. The lowest BCUT2D eigenvalue weighted by atomic mass is 9.99. The van der Waals surface area contributed by atoms with Crippen molar-refractivity contribution < 1.29 is 49.3 Å². The summed E-state index contributed by atoms with van der Waals surface area (Å²) in [5.74, 6) is -1.31. The first kappa shape index (κ1) is 68.8. The number of rotatable bonds is 46. The van der Waals surface area contributed by atoms with Gasteiger partial charge in [-0.25, -0.2) is 0 Å². The summed E-state index contributed by atoms with van der Waals surface area (Å²) < 4.78 is 17.5. The summed E-state index contributed by atoms with van der Waals surface area (Å²) in [6.07, 6.45) is 60.7. The summed E-state index contributed by atoms with van der Waals surface area (Å²) in [5.41, 5.74) is 0. The second-order valence-corrected chi connectivity index (χ2v) is 19.4. The standard InChI is InChI=1S/C64H103NO10/c1-4-7-10-13-16-19-22-25-26-27-28-29-30-31-34-36-39-42-45-48-51-57(68)63(72)65-55(56(67)50-47-44-41-38-35-32-23-20-17-14-11-8-5-2)54-73-64-62(61(71)60(70)58(53-66)74-64)75-59(69)52-49-46-43-40-37-33-24-21-18-15-12-9-6-3/h7,9-10,12,15-16,18-19,21,24-26,28-29,31,33-34,37,40,43,47,50,55-58,60-62,64,66-68,70-71H,4-6,8,11,13-14,17,20,22-23,27,30,32,35-36,38-39,41-42,44-46,48-49,51-54H2,1-3H3,(H,65,72)/b10-7-,12-9+,18-15+,19-16-,24-21-,26-25-,29-28-,34-31-,37-33-,43-40+,50-47+. The predicted molar refractivity (Wildman–Crippen MR) is 310 cm³/mol. The maximum Gasteiger partial charge on any atom is 0.306 e. The third-order valence-corrected chi connectivity index (χ3v) is 12.7. The van der Waals surface area contributed by atoms with Crippen LogP contribution in [-0.2, 0) is 23.8 Å². The van der Waals surface area contributed by atoms with E-state index in [9.17, 15) is 35.1 Å². The highest BCUT2D eigenvalue weighted by atomic mass is 16.7. The number of amides is 1. The molecule has 6 N–H and O–H groups in total. The van der Waals surface area contributed by atoms with Gasteiger partial charge in [-0.05, 0) is 83.5 Å². The molecule has 0 aliphatic carbocycles. The van der Waals surface area contributed by atoms with Crippen LogP contribution in [0.15, 0.2) is 134 Å². The van der Waals surface area contributed by atoms with E-state index in [1.165, 1.54) is 51.4 Å². The number of esters is 1. The van der Waals surface area contributed by atoms with Gasteiger partial charge in [0.15, 0.2) is 12.4 Å². The van der Waals surface area contributed by atoms with Crippen molar-refractivity contribution in [2.24, 2.45) is 0 Å². The fraction of sp³-hybridized carbons (Fsp3) is 0.625. The molecule has 1 heterocycles. The van der Waals surface area contributed by atoms with Gasteiger partial charge in [-0.15, -0.1) is 0 Å². The van der Waals surface area contributed by atoms with Crippen LogP contribution in [0.4, 0.5) is 0 Å². The van der Waals surface area contributed by atoms with E-state index >= 15 is 0 Å². The van der Waals surface area contributed by atoms with Crippen molar-refractivity contribution in [1.82, 2.24) is 5.32 Å². The van der Waals surface area contributed by atoms with Crippen molar-refractivity contribution in [3.63, 3.8) is 0 Å². The fourth-order valence-electron chi connectivity index (χ4n) is 8.12. The second-order valence-electron chi connectivity index (χ2n) is 19.4. The van der Waals surface area contributed by atoms with Gasteiger partial charge in [-0.3, -0.25) is 9.59 Å². The van der Waals surface area contributed by atoms with Crippen molar-refractivity contribution in [2.75, 3.05) is 13.2 Å². The number of allylic oxidation sites excluding steroid dienone is 21. The van der Waals surface area contributed by atoms with Crippen molar-refractivity contribution >= 4 is 11.9 Å². The van der Waals surface area contributed by atoms with E-state index in [2.05, 4.69) is 92.9 Å². The minimum absolute atomic E-state index is 0.0169. The summed E-state index contributed by atoms with van der Waals surface area (Å²) in [7, 11) is 0. The van der Waals surface area contributed by atoms with E-state index in [0.717, 1.165) is 89.9 Å². The van der Waals surface area contributed by atoms with Crippen LogP contribution in [0, 0.1) is 0 Å². The lowest BCUT2D eigenvalue weighted by Crippen LogP contribution is -2.61. The summed E-state index contributed by atoms with van der Waals surface area (Å²) in [5, 5.41) is 56.8. The number of carbonyl (C=O) groups is 2. The molecule has 11 nitrogen and oxygen atoms in total. The highest BCUT2D eigenvalue weighted by Crippen LogP contribution is 2.26. The monoisotopic (exact) mass is 1050 g/mol. The molecule has 424 valence electrons. The second kappa shape index (κ2) is 50.6. The van der Waals surface area contributed by atoms with Crippen molar-refractivity contribution in [1.29, 1.82) is 0 Å². The Morgan fingerprint density at radius 2 is 1.03 bits per heavy atom. The Bertz CT molecular complexity index is 1720. The molecule has 1 aliphatic heterocycles. The molecule has 0 radical (unpaired) electrons. The van der Waals surface area contributed by atoms with Crippen molar-refractivity contribution in [2.45, 2.75) is 243 Å². The predicted octanol–water partition coefficient (Wildman–Crippen LogP) is 13.3. The van der Waals surface area contributed by atoms with E-state index in [0.29, 0.717) is 19.3 Å². The summed E-state index contributed by atoms with van der Waals surface area (Å²) in [6.45, 7) is 5.45. The van der Waals surface area contributed by atoms with Crippen LogP contribution in [0.5, 0.6) is 0 Å². The minimum Gasteiger partial charge on any atom is -0.454 e. The molecule has 1 aliphatic rings. The molecule has 1 rings (SSSR count). The molecule has 11 heteroatoms. The van der Waals surface area contributed by atoms with Crippen LogP contribution in [0.3, 0.4) is 0 Å². The van der Waals surface area contributed by atoms with E-state index in [1.807, 2.05) is 60.8 Å². The number of unbranched alkanes of at least 4 members (excludes halogenated alkanes) is 16. The molecule has 0 saturated carbocycles. The van der Waals surface area contributed by atoms with Crippen molar-refractivity contribution in [3.05, 3.63) is 134 Å². The first-order valence-corrected chi connectivity index (χ1v) is 29.0. The highest BCUT2D eigenvalue weighted by Gasteiger charge is 2.47. The Labute approximate surface area is 454 Å². The third kappa shape index (κ3) is 38.9. The Morgan fingerprint density at radius 3 is 1.59 bits per heavy atom. The molecule has 0 aromatic carbocycles. The molecular weight excluding hydrogens is 943 g/mol. The molecule has 8 atom stereocenters. The fourth-order valence-corrected chi connectivity index (χ4v) is 8.12. The number of nitrogens with one attached hydrogen (secondary N) is 1. The zero-order valence-electron chi connectivity index (χ0n) is 46.6. The van der Waals surface area contributed by atoms with Gasteiger partial charge in [0.05, 0.1) is 25.4 Å². The van der Waals surface area contributed by atoms with E-state index in [1.54, 1.807) is 6.08 Å². The average molecular weight is 1050 g/mol. The van der Waals surface area contributed by atoms with E-state index in [4.69, 9.17) is 14.2 Å². The van der Waals surface area contributed by atoms with Gasteiger partial charge in [0.25, 0.3) is 0 Å². The number of hydrogen-bond donors (Lipinski definition) is 6. The van der Waals surface area contributed by atoms with E-state index in [-0.39, 0.29) is 19.4 Å². The van der Waals surface area contributed by atoms with Gasteiger partial charge in [0, 0.05) is 6.42 Å². The highest BCUT2D eigenvalue weighted by molar-refractivity contribution is 5.80. The largest absolute Gasteiger partial charge is 0.454 e. The van der Waals surface area contributed by atoms with Crippen molar-refractivity contribution in [3.8, 4) is 0 Å². The smallest absolute Gasteiger partial charge is 0.306 e. The lowest BCUT2D eigenvalue weighted by molar-refractivity contribution is -0.305. The molecule has 8 unspecified atom stereocenters. The Balaban J connectivity index is 2.78. The zero-order valence-corrected chi connectivity index (χ0v) is 46.6. The summed E-state index contributed by atoms with van der Waals surface area (Å²) in [6, 6.07) is -1.06. The number of aliphatic hydroxyl groups excluding tert-OH is 5. The topological polar surface area (TPSA) is 175 Å². The molecule has 1 saturated heterocycles. The molecule has 0 spiro atoms. The molecule has 0 bridgehead atoms. The van der Waals surface area contributed by atoms with E-state index < -0.39 is 67.4 Å². The third-order valence-electron chi connectivity index (χ3n) is 12.7. The average Bonchev–Trinajstić information content (AvgIpc) is 3.41. The molecule has 0 aromatic heterocycles. The lowest BCUT2D eigenvalue weighted by Gasteiger charge is -2.41. The SMILES string of the molecule is CC/C=C\C/C=C\C/C=C\C/C=C\C/C=C\CCCCCCC(O)C(=O)NC(COC1OC(CO)C(O)C(O)C1OC(=O)CCC/C=C/C=C\C=C/C=C/C=C/CC)C(O)/C=C/CCCCCCCCCCCCC. The van der Waals surface area contributed by atoms with Crippen LogP contribution in [-0.4, -0.2) is 99.6 Å². The number of aliphatic hydroxyl groups is 5. The first-order chi connectivity index (χ1) is 36.7. The van der Waals surface area contributed by atoms with Gasteiger partial charge in [-0.1, -0.05) is 238 Å².